The van der Waals surface area contributed by atoms with Crippen LogP contribution < -0.4 is 0 Å². The molecule has 1 aliphatic heterocycles. The molecule has 0 radical (unpaired) electrons. The van der Waals surface area contributed by atoms with Crippen LogP contribution in [0.15, 0.2) is 48.5 Å². The largest absolute Gasteiger partial charge is 0.331 e. The van der Waals surface area contributed by atoms with E-state index in [9.17, 15) is 14.9 Å². The van der Waals surface area contributed by atoms with Crippen LogP contribution >= 0.6 is 0 Å². The number of β-lactam (4-membered cyclic amide) rings is 1. The van der Waals surface area contributed by atoms with Gasteiger partial charge in [0, 0.05) is 18.2 Å². The average Bonchev–Trinajstić information content (AvgIpc) is 2.54. The maximum absolute atomic E-state index is 12.7. The van der Waals surface area contributed by atoms with Crippen molar-refractivity contribution in [1.82, 2.24) is 4.90 Å². The molecule has 0 aliphatic carbocycles. The van der Waals surface area contributed by atoms with E-state index in [-0.39, 0.29) is 29.6 Å². The van der Waals surface area contributed by atoms with Gasteiger partial charge in [-0.15, -0.1) is 0 Å². The number of nitrogens with zero attached hydrogens (tertiary/aromatic N) is 2. The summed E-state index contributed by atoms with van der Waals surface area (Å²) < 4.78 is 0. The zero-order valence-electron chi connectivity index (χ0n) is 14.0. The molecule has 5 heteroatoms. The summed E-state index contributed by atoms with van der Waals surface area (Å²) >= 11 is 0. The molecule has 124 valence electrons. The molecule has 2 aromatic rings. The van der Waals surface area contributed by atoms with Crippen molar-refractivity contribution in [2.24, 2.45) is 0 Å². The third-order valence-corrected chi connectivity index (χ3v) is 4.57. The number of nitro groups is 1. The summed E-state index contributed by atoms with van der Waals surface area (Å²) in [6.07, 6.45) is 0. The Morgan fingerprint density at radius 3 is 2.04 bits per heavy atom. The predicted octanol–water partition coefficient (Wildman–Crippen LogP) is 3.98. The molecule has 1 fully saturated rings. The highest BCUT2D eigenvalue weighted by atomic mass is 16.6. The lowest BCUT2D eigenvalue weighted by molar-refractivity contribution is -0.384. The van der Waals surface area contributed by atoms with Gasteiger partial charge < -0.3 is 4.90 Å². The summed E-state index contributed by atoms with van der Waals surface area (Å²) in [7, 11) is 0. The van der Waals surface area contributed by atoms with Gasteiger partial charge >= 0.3 is 0 Å². The lowest BCUT2D eigenvalue weighted by Crippen LogP contribution is -2.56. The number of carbonyl (C=O) groups is 1. The number of hydrogen-bond donors (Lipinski definition) is 0. The third-order valence-electron chi connectivity index (χ3n) is 4.57. The molecule has 0 bridgehead atoms. The fourth-order valence-electron chi connectivity index (χ4n) is 3.33. The zero-order chi connectivity index (χ0) is 17.4. The first-order valence-electron chi connectivity index (χ1n) is 8.03. The molecule has 1 amide bonds. The Morgan fingerprint density at radius 2 is 1.54 bits per heavy atom. The van der Waals surface area contributed by atoms with Gasteiger partial charge in [-0.25, -0.2) is 0 Å². The summed E-state index contributed by atoms with van der Waals surface area (Å²) in [5.74, 6) is -0.119. The summed E-state index contributed by atoms with van der Waals surface area (Å²) in [4.78, 5) is 25.0. The highest BCUT2D eigenvalue weighted by Crippen LogP contribution is 2.47. The molecule has 2 aromatic carbocycles. The van der Waals surface area contributed by atoms with Crippen LogP contribution in [0.3, 0.4) is 0 Å². The normalized spacial score (nSPS) is 20.2. The second kappa shape index (κ2) is 6.07. The van der Waals surface area contributed by atoms with Crippen LogP contribution in [-0.2, 0) is 4.79 Å². The molecule has 0 unspecified atom stereocenters. The van der Waals surface area contributed by atoms with Gasteiger partial charge in [0.05, 0.1) is 16.9 Å². The number of benzene rings is 2. The molecule has 1 heterocycles. The fourth-order valence-corrected chi connectivity index (χ4v) is 3.33. The first kappa shape index (κ1) is 16.2. The van der Waals surface area contributed by atoms with Gasteiger partial charge in [-0.2, -0.15) is 0 Å². The quantitative estimate of drug-likeness (QED) is 0.485. The van der Waals surface area contributed by atoms with Crippen molar-refractivity contribution in [3.8, 4) is 0 Å². The summed E-state index contributed by atoms with van der Waals surface area (Å²) in [5, 5.41) is 10.8. The smallest absolute Gasteiger partial charge is 0.269 e. The molecular weight excluding hydrogens is 304 g/mol. The van der Waals surface area contributed by atoms with Gasteiger partial charge in [0.2, 0.25) is 5.91 Å². The Bertz CT molecular complexity index is 766. The van der Waals surface area contributed by atoms with E-state index in [1.165, 1.54) is 12.1 Å². The van der Waals surface area contributed by atoms with Crippen LogP contribution in [0.1, 0.15) is 42.5 Å². The van der Waals surface area contributed by atoms with Crippen LogP contribution in [0.4, 0.5) is 5.69 Å². The van der Waals surface area contributed by atoms with Gasteiger partial charge in [-0.05, 0) is 31.9 Å². The van der Waals surface area contributed by atoms with Crippen LogP contribution in [0.2, 0.25) is 0 Å². The van der Waals surface area contributed by atoms with E-state index in [0.29, 0.717) is 0 Å². The van der Waals surface area contributed by atoms with Crippen molar-refractivity contribution in [1.29, 1.82) is 0 Å². The highest BCUT2D eigenvalue weighted by molar-refractivity contribution is 5.91. The Morgan fingerprint density at radius 1 is 1.00 bits per heavy atom. The summed E-state index contributed by atoms with van der Waals surface area (Å²) in [5.41, 5.74) is 3.14. The Hall–Kier alpha value is -2.69. The molecular formula is C19H20N2O3. The number of amides is 1. The van der Waals surface area contributed by atoms with Gasteiger partial charge in [0.15, 0.2) is 0 Å². The maximum Gasteiger partial charge on any atom is 0.269 e. The van der Waals surface area contributed by atoms with Crippen LogP contribution in [-0.4, -0.2) is 21.8 Å². The first-order valence-corrected chi connectivity index (χ1v) is 8.03. The first-order chi connectivity index (χ1) is 11.4. The van der Waals surface area contributed by atoms with Crippen LogP contribution in [0.25, 0.3) is 0 Å². The van der Waals surface area contributed by atoms with Crippen molar-refractivity contribution in [3.63, 3.8) is 0 Å². The topological polar surface area (TPSA) is 63.5 Å². The van der Waals surface area contributed by atoms with Crippen molar-refractivity contribution >= 4 is 11.6 Å². The number of likely N-dealkylation sites (tertiary alicyclic amines) is 1. The van der Waals surface area contributed by atoms with Crippen LogP contribution in [0.5, 0.6) is 0 Å². The van der Waals surface area contributed by atoms with Gasteiger partial charge in [0.1, 0.15) is 0 Å². The van der Waals surface area contributed by atoms with Crippen molar-refractivity contribution in [3.05, 3.63) is 75.3 Å². The molecule has 0 spiro atoms. The Balaban J connectivity index is 1.97. The number of nitro benzene ring substituents is 1. The van der Waals surface area contributed by atoms with E-state index in [0.717, 1.165) is 16.7 Å². The van der Waals surface area contributed by atoms with E-state index in [2.05, 4.69) is 0 Å². The minimum atomic E-state index is -0.409. The number of aryl methyl sites for hydroxylation is 1. The molecule has 0 N–H and O–H groups in total. The second-order valence-electron chi connectivity index (χ2n) is 6.52. The lowest BCUT2D eigenvalue weighted by atomic mass is 9.77. The van der Waals surface area contributed by atoms with Crippen LogP contribution in [0, 0.1) is 17.0 Å². The Labute approximate surface area is 141 Å². The molecule has 1 saturated heterocycles. The predicted molar refractivity (Wildman–Crippen MR) is 91.7 cm³/mol. The highest BCUT2D eigenvalue weighted by Gasteiger charge is 2.49. The number of rotatable bonds is 4. The SMILES string of the molecule is Cc1ccc([C@H]2C(=O)N(C(C)C)[C@H]2c2ccc([N+](=O)[O-])cc2)cc1. The van der Waals surface area contributed by atoms with Gasteiger partial charge in [0.25, 0.3) is 5.69 Å². The summed E-state index contributed by atoms with van der Waals surface area (Å²) in [6.45, 7) is 5.99. The van der Waals surface area contributed by atoms with Crippen molar-refractivity contribution < 1.29 is 9.72 Å². The molecule has 3 rings (SSSR count). The van der Waals surface area contributed by atoms with Gasteiger partial charge in [-0.1, -0.05) is 42.0 Å². The van der Waals surface area contributed by atoms with E-state index < -0.39 is 4.92 Å². The number of non-ortho nitro benzene ring substituents is 1. The molecule has 24 heavy (non-hydrogen) atoms. The zero-order valence-corrected chi connectivity index (χ0v) is 14.0. The monoisotopic (exact) mass is 324 g/mol. The molecule has 0 aromatic heterocycles. The maximum atomic E-state index is 12.7. The Kier molecular flexibility index (Phi) is 4.09. The molecule has 2 atom stereocenters. The second-order valence-corrected chi connectivity index (χ2v) is 6.52. The van der Waals surface area contributed by atoms with Crippen molar-refractivity contribution in [2.45, 2.75) is 38.8 Å². The summed E-state index contributed by atoms with van der Waals surface area (Å²) in [6, 6.07) is 14.5. The van der Waals surface area contributed by atoms with Gasteiger partial charge in [-0.3, -0.25) is 14.9 Å². The minimum Gasteiger partial charge on any atom is -0.331 e. The standard InChI is InChI=1S/C19H20N2O3/c1-12(2)20-18(15-8-10-16(11-9-15)21(23)24)17(19(20)22)14-6-4-13(3)5-7-14/h4-12,17-18H,1-3H3/t17-,18+/m1/s1. The fraction of sp³-hybridized carbons (Fsp3) is 0.316. The molecule has 1 aliphatic rings. The lowest BCUT2D eigenvalue weighted by Gasteiger charge is -2.50. The average molecular weight is 324 g/mol. The third kappa shape index (κ3) is 2.66. The minimum absolute atomic E-state index is 0.0624. The number of hydrogen-bond acceptors (Lipinski definition) is 3. The molecule has 5 nitrogen and oxygen atoms in total. The van der Waals surface area contributed by atoms with E-state index >= 15 is 0 Å². The van der Waals surface area contributed by atoms with E-state index in [1.54, 1.807) is 12.1 Å². The van der Waals surface area contributed by atoms with E-state index in [1.807, 2.05) is 49.9 Å². The van der Waals surface area contributed by atoms with Crippen molar-refractivity contribution in [2.75, 3.05) is 0 Å². The number of carbonyl (C=O) groups excluding carboxylic acids is 1. The van der Waals surface area contributed by atoms with E-state index in [4.69, 9.17) is 0 Å². The molecule has 0 saturated carbocycles.